The number of fused-ring (bicyclic) bond motifs is 1. The van der Waals surface area contributed by atoms with Crippen LogP contribution in [-0.4, -0.2) is 32.8 Å². The number of aromatic nitrogens is 2. The van der Waals surface area contributed by atoms with Crippen molar-refractivity contribution in [2.24, 2.45) is 7.05 Å². The third-order valence-corrected chi connectivity index (χ3v) is 4.77. The van der Waals surface area contributed by atoms with Gasteiger partial charge in [-0.2, -0.15) is 0 Å². The average molecular weight is 388 g/mol. The van der Waals surface area contributed by atoms with Crippen molar-refractivity contribution < 1.29 is 14.3 Å². The van der Waals surface area contributed by atoms with Crippen molar-refractivity contribution in [2.75, 3.05) is 11.9 Å². The monoisotopic (exact) mass is 388 g/mol. The molecule has 2 amide bonds. The van der Waals surface area contributed by atoms with Gasteiger partial charge in [0.2, 0.25) is 5.91 Å². The van der Waals surface area contributed by atoms with Gasteiger partial charge in [0.1, 0.15) is 24.7 Å². The fraction of sp³-hybridized carbons (Fsp3) is 0.136. The standard InChI is InChI=1S/C22H20N4O3/c1-15-18-5-3-4-6-19(18)22(28)26(15)13-21(27)24-16-7-9-17(10-8-16)29-14-20-23-11-12-25(20)2/h3-12H,1,13-14H2,2H3,(H,24,27). The smallest absolute Gasteiger partial charge is 0.259 e. The molecule has 3 aromatic rings. The number of hydrogen-bond donors (Lipinski definition) is 1. The lowest BCUT2D eigenvalue weighted by Crippen LogP contribution is -2.32. The van der Waals surface area contributed by atoms with Gasteiger partial charge >= 0.3 is 0 Å². The normalized spacial score (nSPS) is 12.8. The van der Waals surface area contributed by atoms with Crippen LogP contribution in [0.25, 0.3) is 5.70 Å². The van der Waals surface area contributed by atoms with Crippen molar-refractivity contribution in [1.82, 2.24) is 14.5 Å². The van der Waals surface area contributed by atoms with Gasteiger partial charge in [0.05, 0.1) is 0 Å². The number of nitrogens with zero attached hydrogens (tertiary/aromatic N) is 3. The lowest BCUT2D eigenvalue weighted by atomic mass is 10.1. The topological polar surface area (TPSA) is 76.5 Å². The number of amides is 2. The number of hydrogen-bond acceptors (Lipinski definition) is 4. The highest BCUT2D eigenvalue weighted by Gasteiger charge is 2.31. The van der Waals surface area contributed by atoms with Gasteiger partial charge in [-0.15, -0.1) is 0 Å². The van der Waals surface area contributed by atoms with Crippen molar-refractivity contribution in [1.29, 1.82) is 0 Å². The highest BCUT2D eigenvalue weighted by Crippen LogP contribution is 2.30. The Kier molecular flexibility index (Phi) is 4.87. The van der Waals surface area contributed by atoms with Crippen molar-refractivity contribution in [3.63, 3.8) is 0 Å². The van der Waals surface area contributed by atoms with Crippen LogP contribution in [0.5, 0.6) is 5.75 Å². The minimum Gasteiger partial charge on any atom is -0.486 e. The molecule has 2 heterocycles. The number of carbonyl (C=O) groups excluding carboxylic acids is 2. The molecule has 7 nitrogen and oxygen atoms in total. The first-order valence-electron chi connectivity index (χ1n) is 9.12. The van der Waals surface area contributed by atoms with E-state index >= 15 is 0 Å². The molecule has 0 fully saturated rings. The second-order valence-corrected chi connectivity index (χ2v) is 6.70. The Bertz CT molecular complexity index is 1050. The number of benzene rings is 2. The van der Waals surface area contributed by atoms with Crippen LogP contribution in [0.1, 0.15) is 21.7 Å². The minimum absolute atomic E-state index is 0.0935. The van der Waals surface area contributed by atoms with Crippen LogP contribution in [0.15, 0.2) is 67.5 Å². The Hall–Kier alpha value is -3.87. The van der Waals surface area contributed by atoms with E-state index in [4.69, 9.17) is 4.74 Å². The molecule has 0 atom stereocenters. The van der Waals surface area contributed by atoms with E-state index in [1.165, 1.54) is 4.90 Å². The van der Waals surface area contributed by atoms with Gasteiger partial charge in [-0.1, -0.05) is 24.8 Å². The molecule has 0 spiro atoms. The Balaban J connectivity index is 1.34. The van der Waals surface area contributed by atoms with Gasteiger partial charge in [-0.05, 0) is 30.3 Å². The van der Waals surface area contributed by atoms with Crippen LogP contribution in [0.2, 0.25) is 0 Å². The molecule has 0 radical (unpaired) electrons. The predicted octanol–water partition coefficient (Wildman–Crippen LogP) is 3.06. The number of ether oxygens (including phenoxy) is 1. The maximum Gasteiger partial charge on any atom is 0.259 e. The van der Waals surface area contributed by atoms with E-state index in [-0.39, 0.29) is 18.4 Å². The lowest BCUT2D eigenvalue weighted by molar-refractivity contribution is -0.116. The Morgan fingerprint density at radius 1 is 1.14 bits per heavy atom. The molecule has 1 aliphatic heterocycles. The summed E-state index contributed by atoms with van der Waals surface area (Å²) in [4.78, 5) is 30.5. The summed E-state index contributed by atoms with van der Waals surface area (Å²) in [6.45, 7) is 4.21. The van der Waals surface area contributed by atoms with E-state index in [9.17, 15) is 9.59 Å². The zero-order valence-electron chi connectivity index (χ0n) is 16.0. The largest absolute Gasteiger partial charge is 0.486 e. The van der Waals surface area contributed by atoms with E-state index in [1.54, 1.807) is 42.6 Å². The fourth-order valence-electron chi connectivity index (χ4n) is 3.16. The summed E-state index contributed by atoms with van der Waals surface area (Å²) in [6.07, 6.45) is 3.57. The summed E-state index contributed by atoms with van der Waals surface area (Å²) in [7, 11) is 1.91. The number of rotatable bonds is 6. The van der Waals surface area contributed by atoms with E-state index in [0.29, 0.717) is 29.3 Å². The molecule has 4 rings (SSSR count). The van der Waals surface area contributed by atoms with Crippen molar-refractivity contribution >= 4 is 23.2 Å². The van der Waals surface area contributed by atoms with Crippen LogP contribution in [-0.2, 0) is 18.4 Å². The Morgan fingerprint density at radius 3 is 2.52 bits per heavy atom. The zero-order valence-corrected chi connectivity index (χ0v) is 16.0. The zero-order chi connectivity index (χ0) is 20.4. The molecule has 146 valence electrons. The van der Waals surface area contributed by atoms with Gasteiger partial charge < -0.3 is 14.6 Å². The third-order valence-electron chi connectivity index (χ3n) is 4.77. The molecule has 29 heavy (non-hydrogen) atoms. The number of carbonyl (C=O) groups is 2. The molecular formula is C22H20N4O3. The van der Waals surface area contributed by atoms with E-state index < -0.39 is 0 Å². The van der Waals surface area contributed by atoms with E-state index in [1.807, 2.05) is 29.9 Å². The van der Waals surface area contributed by atoms with Gasteiger partial charge in [0.25, 0.3) is 5.91 Å². The molecule has 1 aromatic heterocycles. The van der Waals surface area contributed by atoms with E-state index in [2.05, 4.69) is 16.9 Å². The molecule has 7 heteroatoms. The minimum atomic E-state index is -0.297. The molecule has 0 bridgehead atoms. The van der Waals surface area contributed by atoms with Gasteiger partial charge in [-0.25, -0.2) is 4.98 Å². The highest BCUT2D eigenvalue weighted by molar-refractivity contribution is 6.11. The number of nitrogens with one attached hydrogen (secondary N) is 1. The molecule has 1 N–H and O–H groups in total. The van der Waals surface area contributed by atoms with Crippen LogP contribution >= 0.6 is 0 Å². The lowest BCUT2D eigenvalue weighted by Gasteiger charge is -2.17. The second kappa shape index (κ2) is 7.63. The summed E-state index contributed by atoms with van der Waals surface area (Å²) in [5.41, 5.74) is 2.49. The van der Waals surface area contributed by atoms with Crippen molar-refractivity contribution in [2.45, 2.75) is 6.61 Å². The average Bonchev–Trinajstić information content (AvgIpc) is 3.24. The van der Waals surface area contributed by atoms with Gasteiger partial charge in [0, 0.05) is 42.0 Å². The summed E-state index contributed by atoms with van der Waals surface area (Å²) < 4.78 is 7.59. The maximum absolute atomic E-state index is 12.5. The molecule has 0 unspecified atom stereocenters. The summed E-state index contributed by atoms with van der Waals surface area (Å²) in [5, 5.41) is 2.80. The predicted molar refractivity (Wildman–Crippen MR) is 109 cm³/mol. The van der Waals surface area contributed by atoms with Gasteiger partial charge in [0.15, 0.2) is 0 Å². The van der Waals surface area contributed by atoms with E-state index in [0.717, 1.165) is 11.4 Å². The fourth-order valence-corrected chi connectivity index (χ4v) is 3.16. The summed E-state index contributed by atoms with van der Waals surface area (Å²) in [6, 6.07) is 14.3. The highest BCUT2D eigenvalue weighted by atomic mass is 16.5. The van der Waals surface area contributed by atoms with Gasteiger partial charge in [-0.3, -0.25) is 14.5 Å². The summed E-state index contributed by atoms with van der Waals surface area (Å²) in [5.74, 6) is 0.983. The molecule has 1 aliphatic rings. The van der Waals surface area contributed by atoms with Crippen LogP contribution in [0.4, 0.5) is 5.69 Å². The summed E-state index contributed by atoms with van der Waals surface area (Å²) >= 11 is 0. The first-order chi connectivity index (χ1) is 14.0. The number of anilines is 1. The first-order valence-corrected chi connectivity index (χ1v) is 9.12. The first kappa shape index (κ1) is 18.5. The Labute approximate surface area is 168 Å². The van der Waals surface area contributed by atoms with Crippen LogP contribution in [0, 0.1) is 0 Å². The second-order valence-electron chi connectivity index (χ2n) is 6.70. The maximum atomic E-state index is 12.5. The van der Waals surface area contributed by atoms with Crippen LogP contribution < -0.4 is 10.1 Å². The third kappa shape index (κ3) is 3.75. The Morgan fingerprint density at radius 2 is 1.86 bits per heavy atom. The molecule has 0 saturated heterocycles. The number of imidazole rings is 1. The van der Waals surface area contributed by atoms with Crippen molar-refractivity contribution in [3.8, 4) is 5.75 Å². The van der Waals surface area contributed by atoms with Crippen molar-refractivity contribution in [3.05, 3.63) is 84.5 Å². The quantitative estimate of drug-likeness (QED) is 0.704. The molecule has 0 aliphatic carbocycles. The molecule has 2 aromatic carbocycles. The number of aryl methyl sites for hydroxylation is 1. The van der Waals surface area contributed by atoms with Crippen LogP contribution in [0.3, 0.4) is 0 Å². The molecular weight excluding hydrogens is 368 g/mol. The molecule has 0 saturated carbocycles. The SMILES string of the molecule is C=C1c2ccccc2C(=O)N1CC(=O)Nc1ccc(OCc2nccn2C)cc1.